The van der Waals surface area contributed by atoms with Gasteiger partial charge in [-0.05, 0) is 36.8 Å². The Bertz CT molecular complexity index is 1040. The zero-order chi connectivity index (χ0) is 20.1. The standard InChI is InChI=1S/C20H21N3O4S/c1-3-15-28(25,26)22-14-13-19(21-22)16-9-11-18(12-10-16)23(27-2)20(24)17-7-5-4-6-8-17/h4-14H,3,15H2,1-2H3. The first kappa shape index (κ1) is 19.8. The second-order valence-electron chi connectivity index (χ2n) is 6.08. The quantitative estimate of drug-likeness (QED) is 0.569. The topological polar surface area (TPSA) is 81.5 Å². The molecule has 7 nitrogen and oxygen atoms in total. The maximum absolute atomic E-state index is 12.6. The molecule has 0 radical (unpaired) electrons. The van der Waals surface area contributed by atoms with Crippen molar-refractivity contribution in [3.05, 3.63) is 72.4 Å². The number of amides is 1. The molecule has 1 heterocycles. The molecule has 8 heteroatoms. The highest BCUT2D eigenvalue weighted by Gasteiger charge is 2.18. The van der Waals surface area contributed by atoms with Crippen LogP contribution in [0.15, 0.2) is 66.9 Å². The van der Waals surface area contributed by atoms with Crippen LogP contribution < -0.4 is 5.06 Å². The minimum Gasteiger partial charge on any atom is -0.269 e. The van der Waals surface area contributed by atoms with Crippen LogP contribution in [0.2, 0.25) is 0 Å². The first-order valence-electron chi connectivity index (χ1n) is 8.79. The maximum Gasteiger partial charge on any atom is 0.282 e. The van der Waals surface area contributed by atoms with Crippen LogP contribution in [-0.2, 0) is 14.9 Å². The molecule has 28 heavy (non-hydrogen) atoms. The molecule has 1 amide bonds. The number of rotatable bonds is 7. The second kappa shape index (κ2) is 8.37. The Morgan fingerprint density at radius 1 is 1.07 bits per heavy atom. The first-order chi connectivity index (χ1) is 13.5. The number of carbonyl (C=O) groups excluding carboxylic acids is 1. The largest absolute Gasteiger partial charge is 0.282 e. The van der Waals surface area contributed by atoms with Gasteiger partial charge in [-0.2, -0.15) is 14.2 Å². The molecule has 0 bridgehead atoms. The van der Waals surface area contributed by atoms with Crippen LogP contribution in [0.3, 0.4) is 0 Å². The third-order valence-electron chi connectivity index (χ3n) is 4.10. The van der Waals surface area contributed by atoms with Crippen LogP contribution in [0.25, 0.3) is 11.3 Å². The van der Waals surface area contributed by atoms with Gasteiger partial charge in [-0.25, -0.2) is 8.42 Å². The van der Waals surface area contributed by atoms with Gasteiger partial charge in [0, 0.05) is 17.3 Å². The van der Waals surface area contributed by atoms with Gasteiger partial charge >= 0.3 is 0 Å². The molecule has 0 aliphatic rings. The Morgan fingerprint density at radius 3 is 2.36 bits per heavy atom. The summed E-state index contributed by atoms with van der Waals surface area (Å²) in [6.07, 6.45) is 1.96. The lowest BCUT2D eigenvalue weighted by Gasteiger charge is -2.20. The zero-order valence-corrected chi connectivity index (χ0v) is 16.5. The minimum atomic E-state index is -3.43. The molecule has 0 N–H and O–H groups in total. The minimum absolute atomic E-state index is 0.0391. The number of anilines is 1. The van der Waals surface area contributed by atoms with Crippen molar-refractivity contribution in [3.8, 4) is 11.3 Å². The highest BCUT2D eigenvalue weighted by atomic mass is 32.2. The molecule has 146 valence electrons. The summed E-state index contributed by atoms with van der Waals surface area (Å²) in [6.45, 7) is 1.80. The average molecular weight is 399 g/mol. The lowest BCUT2D eigenvalue weighted by Crippen LogP contribution is -2.29. The lowest BCUT2D eigenvalue weighted by atomic mass is 10.1. The highest BCUT2D eigenvalue weighted by Crippen LogP contribution is 2.23. The molecular formula is C20H21N3O4S. The summed E-state index contributed by atoms with van der Waals surface area (Å²) in [7, 11) is -2.01. The van der Waals surface area contributed by atoms with Gasteiger partial charge in [0.05, 0.1) is 24.2 Å². The summed E-state index contributed by atoms with van der Waals surface area (Å²) in [5.74, 6) is -0.247. The van der Waals surface area contributed by atoms with Crippen LogP contribution in [0.1, 0.15) is 23.7 Å². The van der Waals surface area contributed by atoms with E-state index < -0.39 is 10.0 Å². The van der Waals surface area contributed by atoms with E-state index in [0.717, 1.165) is 9.65 Å². The molecule has 0 aliphatic carbocycles. The maximum atomic E-state index is 12.6. The number of aromatic nitrogens is 2. The summed E-state index contributed by atoms with van der Waals surface area (Å²) in [6, 6.07) is 17.4. The number of benzene rings is 2. The number of carbonyl (C=O) groups is 1. The van der Waals surface area contributed by atoms with E-state index in [1.165, 1.54) is 18.4 Å². The Hall–Kier alpha value is -2.97. The van der Waals surface area contributed by atoms with Gasteiger partial charge < -0.3 is 0 Å². The molecule has 0 unspecified atom stereocenters. The Labute approximate surface area is 164 Å². The van der Waals surface area contributed by atoms with E-state index in [4.69, 9.17) is 4.84 Å². The van der Waals surface area contributed by atoms with E-state index in [1.54, 1.807) is 61.5 Å². The van der Waals surface area contributed by atoms with Crippen molar-refractivity contribution in [2.45, 2.75) is 13.3 Å². The highest BCUT2D eigenvalue weighted by molar-refractivity contribution is 7.89. The van der Waals surface area contributed by atoms with Crippen molar-refractivity contribution in [2.24, 2.45) is 0 Å². The van der Waals surface area contributed by atoms with Crippen LogP contribution in [0, 0.1) is 0 Å². The van der Waals surface area contributed by atoms with Crippen LogP contribution in [0.5, 0.6) is 0 Å². The summed E-state index contributed by atoms with van der Waals surface area (Å²) < 4.78 is 25.2. The molecular weight excluding hydrogens is 378 g/mol. The average Bonchev–Trinajstić information content (AvgIpc) is 3.21. The van der Waals surface area contributed by atoms with Crippen molar-refractivity contribution in [1.82, 2.24) is 9.19 Å². The van der Waals surface area contributed by atoms with E-state index in [1.807, 2.05) is 6.07 Å². The third kappa shape index (κ3) is 4.13. The predicted molar refractivity (Wildman–Crippen MR) is 107 cm³/mol. The molecule has 1 aromatic heterocycles. The fraction of sp³-hybridized carbons (Fsp3) is 0.200. The number of hydroxylamine groups is 1. The molecule has 0 aliphatic heterocycles. The van der Waals surface area contributed by atoms with E-state index in [-0.39, 0.29) is 11.7 Å². The predicted octanol–water partition coefficient (Wildman–Crippen LogP) is 3.35. The van der Waals surface area contributed by atoms with E-state index in [9.17, 15) is 13.2 Å². The Balaban J connectivity index is 1.83. The lowest BCUT2D eigenvalue weighted by molar-refractivity contribution is 0.0773. The molecule has 0 saturated heterocycles. The molecule has 3 aromatic rings. The summed E-state index contributed by atoms with van der Waals surface area (Å²) in [4.78, 5) is 17.9. The fourth-order valence-corrected chi connectivity index (χ4v) is 3.90. The monoisotopic (exact) mass is 399 g/mol. The number of hydrogen-bond acceptors (Lipinski definition) is 5. The van der Waals surface area contributed by atoms with Gasteiger partial charge in [0.25, 0.3) is 15.9 Å². The molecule has 3 rings (SSSR count). The SMILES string of the molecule is CCCS(=O)(=O)n1ccc(-c2ccc(N(OC)C(=O)c3ccccc3)cc2)n1. The van der Waals surface area contributed by atoms with Crippen LogP contribution in [-0.4, -0.2) is 36.4 Å². The molecule has 0 atom stereocenters. The zero-order valence-electron chi connectivity index (χ0n) is 15.6. The van der Waals surface area contributed by atoms with Crippen molar-refractivity contribution in [1.29, 1.82) is 0 Å². The normalized spacial score (nSPS) is 11.4. The van der Waals surface area contributed by atoms with Crippen molar-refractivity contribution >= 4 is 21.6 Å². The van der Waals surface area contributed by atoms with Gasteiger partial charge in [0.1, 0.15) is 0 Å². The van der Waals surface area contributed by atoms with Gasteiger partial charge in [0.15, 0.2) is 0 Å². The molecule has 2 aromatic carbocycles. The van der Waals surface area contributed by atoms with Crippen LogP contribution >= 0.6 is 0 Å². The summed E-state index contributed by atoms with van der Waals surface area (Å²) in [5.41, 5.74) is 2.33. The van der Waals surface area contributed by atoms with Crippen molar-refractivity contribution < 1.29 is 18.0 Å². The van der Waals surface area contributed by atoms with Gasteiger partial charge in [-0.1, -0.05) is 37.3 Å². The van der Waals surface area contributed by atoms with E-state index in [0.29, 0.717) is 23.4 Å². The van der Waals surface area contributed by atoms with E-state index >= 15 is 0 Å². The number of hydrogen-bond donors (Lipinski definition) is 0. The molecule has 0 fully saturated rings. The molecule has 0 saturated carbocycles. The number of nitrogens with zero attached hydrogens (tertiary/aromatic N) is 3. The summed E-state index contributed by atoms with van der Waals surface area (Å²) >= 11 is 0. The van der Waals surface area contributed by atoms with Crippen LogP contribution in [0.4, 0.5) is 5.69 Å². The van der Waals surface area contributed by atoms with Gasteiger partial charge in [0.2, 0.25) is 0 Å². The van der Waals surface area contributed by atoms with Crippen molar-refractivity contribution in [2.75, 3.05) is 17.9 Å². The Morgan fingerprint density at radius 2 is 1.75 bits per heavy atom. The Kier molecular flexibility index (Phi) is 5.91. The fourth-order valence-electron chi connectivity index (χ4n) is 2.74. The first-order valence-corrected chi connectivity index (χ1v) is 10.4. The van der Waals surface area contributed by atoms with Gasteiger partial charge in [-0.3, -0.25) is 9.63 Å². The van der Waals surface area contributed by atoms with E-state index in [2.05, 4.69) is 5.10 Å². The third-order valence-corrected chi connectivity index (χ3v) is 5.80. The second-order valence-corrected chi connectivity index (χ2v) is 8.03. The smallest absolute Gasteiger partial charge is 0.269 e. The van der Waals surface area contributed by atoms with Gasteiger partial charge in [-0.15, -0.1) is 0 Å². The summed E-state index contributed by atoms with van der Waals surface area (Å²) in [5, 5.41) is 5.36. The molecule has 0 spiro atoms. The van der Waals surface area contributed by atoms with Crippen molar-refractivity contribution in [3.63, 3.8) is 0 Å².